The average molecular weight is 231 g/mol. The Morgan fingerprint density at radius 2 is 2.27 bits per heavy atom. The van der Waals surface area contributed by atoms with Gasteiger partial charge in [-0.05, 0) is 36.1 Å². The number of hydrogen-bond acceptors (Lipinski definition) is 1. The Morgan fingerprint density at radius 1 is 1.45 bits per heavy atom. The van der Waals surface area contributed by atoms with E-state index in [0.29, 0.717) is 0 Å². The van der Waals surface area contributed by atoms with Gasteiger partial charge in [0.05, 0.1) is 0 Å². The van der Waals surface area contributed by atoms with Crippen LogP contribution in [0, 0.1) is 0 Å². The van der Waals surface area contributed by atoms with Crippen molar-refractivity contribution in [1.82, 2.24) is 0 Å². The minimum Gasteiger partial charge on any atom is -0.165 e. The Hall–Kier alpha value is 0.0500. The Labute approximate surface area is 80.5 Å². The van der Waals surface area contributed by atoms with E-state index in [1.165, 1.54) is 22.2 Å². The fourth-order valence-electron chi connectivity index (χ4n) is 0.912. The van der Waals surface area contributed by atoms with Crippen molar-refractivity contribution in [3.63, 3.8) is 0 Å². The standard InChI is InChI=1S/C9H11BrS/c1-11-6-5-8-3-2-4-9(10)7-8/h2-4,7H,5-6H2,1H3. The molecule has 0 atom stereocenters. The summed E-state index contributed by atoms with van der Waals surface area (Å²) in [5.74, 6) is 1.20. The van der Waals surface area contributed by atoms with Crippen LogP contribution >= 0.6 is 27.7 Å². The SMILES string of the molecule is CSCCc1cccc(Br)c1. The predicted octanol–water partition coefficient (Wildman–Crippen LogP) is 3.35. The molecule has 0 spiro atoms. The van der Waals surface area contributed by atoms with Crippen molar-refractivity contribution >= 4 is 27.7 Å². The summed E-state index contributed by atoms with van der Waals surface area (Å²) in [4.78, 5) is 0. The van der Waals surface area contributed by atoms with Crippen LogP contribution in [0.3, 0.4) is 0 Å². The number of rotatable bonds is 3. The van der Waals surface area contributed by atoms with Crippen molar-refractivity contribution in [3.8, 4) is 0 Å². The molecule has 0 fully saturated rings. The number of benzene rings is 1. The highest BCUT2D eigenvalue weighted by molar-refractivity contribution is 9.10. The first kappa shape index (κ1) is 9.14. The summed E-state index contributed by atoms with van der Waals surface area (Å²) >= 11 is 5.33. The van der Waals surface area contributed by atoms with E-state index < -0.39 is 0 Å². The molecule has 0 bridgehead atoms. The van der Waals surface area contributed by atoms with Crippen LogP contribution in [0.5, 0.6) is 0 Å². The molecule has 0 aliphatic rings. The third kappa shape index (κ3) is 3.30. The van der Waals surface area contributed by atoms with Gasteiger partial charge in [0.25, 0.3) is 0 Å². The lowest BCUT2D eigenvalue weighted by molar-refractivity contribution is 1.16. The van der Waals surface area contributed by atoms with E-state index in [1.54, 1.807) is 0 Å². The Morgan fingerprint density at radius 3 is 2.91 bits per heavy atom. The summed E-state index contributed by atoms with van der Waals surface area (Å²) in [6, 6.07) is 8.49. The summed E-state index contributed by atoms with van der Waals surface area (Å²) in [6.45, 7) is 0. The minimum atomic E-state index is 1.17. The quantitative estimate of drug-likeness (QED) is 0.768. The Bertz CT molecular complexity index is 223. The van der Waals surface area contributed by atoms with Gasteiger partial charge < -0.3 is 0 Å². The van der Waals surface area contributed by atoms with Gasteiger partial charge in [0, 0.05) is 4.47 Å². The van der Waals surface area contributed by atoms with E-state index in [4.69, 9.17) is 0 Å². The van der Waals surface area contributed by atoms with E-state index in [-0.39, 0.29) is 0 Å². The van der Waals surface area contributed by atoms with Crippen LogP contribution in [0.4, 0.5) is 0 Å². The van der Waals surface area contributed by atoms with Gasteiger partial charge in [-0.1, -0.05) is 28.1 Å². The van der Waals surface area contributed by atoms with E-state index in [0.717, 1.165) is 0 Å². The lowest BCUT2D eigenvalue weighted by Crippen LogP contribution is -1.86. The van der Waals surface area contributed by atoms with E-state index in [2.05, 4.69) is 46.5 Å². The van der Waals surface area contributed by atoms with Crippen LogP contribution in [0.25, 0.3) is 0 Å². The zero-order valence-electron chi connectivity index (χ0n) is 6.51. The number of thioether (sulfide) groups is 1. The topological polar surface area (TPSA) is 0 Å². The molecule has 0 aromatic heterocycles. The average Bonchev–Trinajstić information content (AvgIpc) is 2.01. The highest BCUT2D eigenvalue weighted by Crippen LogP contribution is 2.12. The molecule has 1 rings (SSSR count). The van der Waals surface area contributed by atoms with Crippen molar-refractivity contribution < 1.29 is 0 Å². The van der Waals surface area contributed by atoms with Gasteiger partial charge >= 0.3 is 0 Å². The number of halogens is 1. The van der Waals surface area contributed by atoms with Gasteiger partial charge in [0.15, 0.2) is 0 Å². The molecule has 0 unspecified atom stereocenters. The summed E-state index contributed by atoms with van der Waals surface area (Å²) in [7, 11) is 0. The monoisotopic (exact) mass is 230 g/mol. The molecule has 11 heavy (non-hydrogen) atoms. The molecule has 0 heterocycles. The number of aryl methyl sites for hydroxylation is 1. The molecule has 1 aromatic rings. The van der Waals surface area contributed by atoms with Crippen LogP contribution in [0.2, 0.25) is 0 Å². The molecule has 0 nitrogen and oxygen atoms in total. The van der Waals surface area contributed by atoms with Crippen LogP contribution in [0.15, 0.2) is 28.7 Å². The first-order valence-corrected chi connectivity index (χ1v) is 5.75. The molecule has 0 N–H and O–H groups in total. The number of hydrogen-bond donors (Lipinski definition) is 0. The van der Waals surface area contributed by atoms with Crippen molar-refractivity contribution in [2.45, 2.75) is 6.42 Å². The summed E-state index contributed by atoms with van der Waals surface area (Å²) in [5, 5.41) is 0. The normalized spacial score (nSPS) is 10.0. The molecule has 1 aromatic carbocycles. The molecule has 60 valence electrons. The van der Waals surface area contributed by atoms with Crippen molar-refractivity contribution in [2.75, 3.05) is 12.0 Å². The third-order valence-electron chi connectivity index (χ3n) is 1.48. The summed E-state index contributed by atoms with van der Waals surface area (Å²) < 4.78 is 1.18. The van der Waals surface area contributed by atoms with Crippen LogP contribution in [0.1, 0.15) is 5.56 Å². The molecular weight excluding hydrogens is 220 g/mol. The second-order valence-corrected chi connectivity index (χ2v) is 4.27. The molecule has 0 amide bonds. The first-order chi connectivity index (χ1) is 5.33. The lowest BCUT2D eigenvalue weighted by Gasteiger charge is -1.98. The van der Waals surface area contributed by atoms with E-state index in [1.807, 2.05) is 11.8 Å². The Balaban J connectivity index is 2.56. The van der Waals surface area contributed by atoms with Crippen LogP contribution in [-0.4, -0.2) is 12.0 Å². The first-order valence-electron chi connectivity index (χ1n) is 3.56. The van der Waals surface area contributed by atoms with E-state index in [9.17, 15) is 0 Å². The molecule has 0 aliphatic carbocycles. The van der Waals surface area contributed by atoms with Gasteiger partial charge in [0.2, 0.25) is 0 Å². The predicted molar refractivity (Wildman–Crippen MR) is 56.2 cm³/mol. The fourth-order valence-corrected chi connectivity index (χ4v) is 1.80. The maximum absolute atomic E-state index is 3.45. The van der Waals surface area contributed by atoms with Crippen molar-refractivity contribution in [2.24, 2.45) is 0 Å². The van der Waals surface area contributed by atoms with Gasteiger partial charge in [-0.15, -0.1) is 0 Å². The maximum atomic E-state index is 3.45. The zero-order valence-corrected chi connectivity index (χ0v) is 8.91. The smallest absolute Gasteiger partial charge is 0.0178 e. The molecule has 2 heteroatoms. The molecule has 0 aliphatic heterocycles. The largest absolute Gasteiger partial charge is 0.165 e. The van der Waals surface area contributed by atoms with Gasteiger partial charge in [-0.25, -0.2) is 0 Å². The van der Waals surface area contributed by atoms with Crippen molar-refractivity contribution in [3.05, 3.63) is 34.3 Å². The minimum absolute atomic E-state index is 1.17. The molecule has 0 saturated heterocycles. The van der Waals surface area contributed by atoms with Gasteiger partial charge in [-0.2, -0.15) is 11.8 Å². The molecule has 0 radical (unpaired) electrons. The highest BCUT2D eigenvalue weighted by Gasteiger charge is 1.91. The van der Waals surface area contributed by atoms with Gasteiger partial charge in [0.1, 0.15) is 0 Å². The summed E-state index contributed by atoms with van der Waals surface area (Å²) in [5.41, 5.74) is 1.41. The second kappa shape index (κ2) is 4.83. The van der Waals surface area contributed by atoms with E-state index >= 15 is 0 Å². The summed E-state index contributed by atoms with van der Waals surface area (Å²) in [6.07, 6.45) is 3.30. The Kier molecular flexibility index (Phi) is 4.02. The molecule has 0 saturated carbocycles. The zero-order chi connectivity index (χ0) is 8.10. The van der Waals surface area contributed by atoms with Crippen LogP contribution < -0.4 is 0 Å². The maximum Gasteiger partial charge on any atom is 0.0178 e. The highest BCUT2D eigenvalue weighted by atomic mass is 79.9. The van der Waals surface area contributed by atoms with Gasteiger partial charge in [-0.3, -0.25) is 0 Å². The van der Waals surface area contributed by atoms with Crippen LogP contribution in [-0.2, 0) is 6.42 Å². The second-order valence-electron chi connectivity index (χ2n) is 2.37. The molecular formula is C9H11BrS. The van der Waals surface area contributed by atoms with Crippen molar-refractivity contribution in [1.29, 1.82) is 0 Å². The fraction of sp³-hybridized carbons (Fsp3) is 0.333. The third-order valence-corrected chi connectivity index (χ3v) is 2.59. The lowest BCUT2D eigenvalue weighted by atomic mass is 10.2.